The van der Waals surface area contributed by atoms with Crippen molar-refractivity contribution in [2.24, 2.45) is 0 Å². The summed E-state index contributed by atoms with van der Waals surface area (Å²) >= 11 is 7.97. The van der Waals surface area contributed by atoms with Gasteiger partial charge in [-0.15, -0.1) is 11.8 Å². The predicted octanol–water partition coefficient (Wildman–Crippen LogP) is 5.43. The summed E-state index contributed by atoms with van der Waals surface area (Å²) in [6.45, 7) is 4.05. The minimum absolute atomic E-state index is 0.0354. The van der Waals surface area contributed by atoms with Gasteiger partial charge < -0.3 is 5.32 Å². The number of carbonyl (C=O) groups excluding carboxylic acids is 1. The second-order valence-corrected chi connectivity index (χ2v) is 7.66. The van der Waals surface area contributed by atoms with E-state index in [0.29, 0.717) is 10.3 Å². The summed E-state index contributed by atoms with van der Waals surface area (Å²) in [4.78, 5) is 12.4. The van der Waals surface area contributed by atoms with Crippen LogP contribution < -0.4 is 5.32 Å². The van der Waals surface area contributed by atoms with Crippen LogP contribution in [0.5, 0.6) is 0 Å². The van der Waals surface area contributed by atoms with Crippen molar-refractivity contribution in [3.63, 3.8) is 0 Å². The van der Waals surface area contributed by atoms with Gasteiger partial charge in [0.05, 0.1) is 5.25 Å². The molecule has 21 heavy (non-hydrogen) atoms. The fourth-order valence-electron chi connectivity index (χ4n) is 2.67. The molecule has 2 rings (SSSR count). The molecule has 0 spiro atoms. The van der Waals surface area contributed by atoms with Gasteiger partial charge in [-0.25, -0.2) is 0 Å². The molecule has 0 heterocycles. The number of aryl methyl sites for hydroxylation is 1. The Morgan fingerprint density at radius 1 is 1.38 bits per heavy atom. The first-order valence-corrected chi connectivity index (χ1v) is 9.14. The van der Waals surface area contributed by atoms with Crippen molar-refractivity contribution in [2.75, 3.05) is 5.32 Å². The van der Waals surface area contributed by atoms with E-state index < -0.39 is 0 Å². The van der Waals surface area contributed by atoms with Gasteiger partial charge in [0, 0.05) is 16.0 Å². The molecule has 1 aliphatic carbocycles. The number of rotatable bonds is 5. The summed E-state index contributed by atoms with van der Waals surface area (Å²) in [6.07, 6.45) is 7.34. The monoisotopic (exact) mass is 325 g/mol. The van der Waals surface area contributed by atoms with E-state index in [0.717, 1.165) is 17.7 Å². The number of hydrogen-bond acceptors (Lipinski definition) is 2. The van der Waals surface area contributed by atoms with E-state index in [2.05, 4.69) is 12.2 Å². The SMILES string of the molecule is CCC(SC1CCCCC1)C(=O)Nc1ccc(C)c(Cl)c1. The maximum Gasteiger partial charge on any atom is 0.237 e. The molecule has 1 N–H and O–H groups in total. The minimum atomic E-state index is 0.0354. The number of thioether (sulfide) groups is 1. The molecular formula is C17H24ClNOS. The van der Waals surface area contributed by atoms with Crippen LogP contribution in [0.2, 0.25) is 5.02 Å². The van der Waals surface area contributed by atoms with Crippen LogP contribution in [-0.4, -0.2) is 16.4 Å². The topological polar surface area (TPSA) is 29.1 Å². The zero-order valence-corrected chi connectivity index (χ0v) is 14.4. The largest absolute Gasteiger partial charge is 0.325 e. The number of nitrogens with one attached hydrogen (secondary N) is 1. The first-order valence-electron chi connectivity index (χ1n) is 7.82. The van der Waals surface area contributed by atoms with Gasteiger partial charge in [-0.1, -0.05) is 43.9 Å². The van der Waals surface area contributed by atoms with Crippen molar-refractivity contribution < 1.29 is 4.79 Å². The van der Waals surface area contributed by atoms with E-state index >= 15 is 0 Å². The summed E-state index contributed by atoms with van der Waals surface area (Å²) in [5.74, 6) is 0.105. The molecule has 1 saturated carbocycles. The van der Waals surface area contributed by atoms with Crippen molar-refractivity contribution in [2.45, 2.75) is 62.9 Å². The van der Waals surface area contributed by atoms with Crippen molar-refractivity contribution in [1.82, 2.24) is 0 Å². The number of benzene rings is 1. The molecule has 1 atom stereocenters. The number of anilines is 1. The third-order valence-electron chi connectivity index (χ3n) is 4.01. The van der Waals surface area contributed by atoms with E-state index in [1.165, 1.54) is 32.1 Å². The van der Waals surface area contributed by atoms with Crippen molar-refractivity contribution in [3.8, 4) is 0 Å². The van der Waals surface area contributed by atoms with Gasteiger partial charge in [0.2, 0.25) is 5.91 Å². The molecule has 4 heteroatoms. The van der Waals surface area contributed by atoms with E-state index in [-0.39, 0.29) is 11.2 Å². The average molecular weight is 326 g/mol. The van der Waals surface area contributed by atoms with Gasteiger partial charge >= 0.3 is 0 Å². The predicted molar refractivity (Wildman–Crippen MR) is 93.4 cm³/mol. The molecule has 1 aromatic rings. The van der Waals surface area contributed by atoms with Gasteiger partial charge in [0.1, 0.15) is 0 Å². The van der Waals surface area contributed by atoms with E-state index in [4.69, 9.17) is 11.6 Å². The molecule has 1 fully saturated rings. The van der Waals surface area contributed by atoms with Crippen LogP contribution in [0.15, 0.2) is 18.2 Å². The van der Waals surface area contributed by atoms with E-state index in [1.54, 1.807) is 0 Å². The summed E-state index contributed by atoms with van der Waals surface area (Å²) in [7, 11) is 0. The van der Waals surface area contributed by atoms with Crippen molar-refractivity contribution >= 4 is 35.0 Å². The molecule has 0 radical (unpaired) electrons. The van der Waals surface area contributed by atoms with Gasteiger partial charge in [-0.3, -0.25) is 4.79 Å². The zero-order valence-electron chi connectivity index (χ0n) is 12.8. The molecule has 0 saturated heterocycles. The van der Waals surface area contributed by atoms with Crippen LogP contribution in [0.3, 0.4) is 0 Å². The Bertz CT molecular complexity index is 486. The third kappa shape index (κ3) is 4.93. The summed E-state index contributed by atoms with van der Waals surface area (Å²) in [6, 6.07) is 5.68. The Kier molecular flexibility index (Phi) is 6.43. The fourth-order valence-corrected chi connectivity index (χ4v) is 4.30. The second kappa shape index (κ2) is 8.09. The van der Waals surface area contributed by atoms with Gasteiger partial charge in [-0.05, 0) is 43.9 Å². The summed E-state index contributed by atoms with van der Waals surface area (Å²) in [5.41, 5.74) is 1.82. The first-order chi connectivity index (χ1) is 10.1. The number of amides is 1. The highest BCUT2D eigenvalue weighted by atomic mass is 35.5. The Morgan fingerprint density at radius 3 is 2.71 bits per heavy atom. The lowest BCUT2D eigenvalue weighted by Gasteiger charge is -2.25. The number of carbonyl (C=O) groups is 1. The minimum Gasteiger partial charge on any atom is -0.325 e. The van der Waals surface area contributed by atoms with Crippen LogP contribution in [-0.2, 0) is 4.79 Å². The standard InChI is InChI=1S/C17H24ClNOS/c1-3-16(21-14-7-5-4-6-8-14)17(20)19-13-10-9-12(2)15(18)11-13/h9-11,14,16H,3-8H2,1-2H3,(H,19,20). The third-order valence-corrected chi connectivity index (χ3v) is 6.15. The summed E-state index contributed by atoms with van der Waals surface area (Å²) < 4.78 is 0. The molecule has 0 bridgehead atoms. The Hall–Kier alpha value is -0.670. The number of hydrogen-bond donors (Lipinski definition) is 1. The van der Waals surface area contributed by atoms with Gasteiger partial charge in [0.25, 0.3) is 0 Å². The lowest BCUT2D eigenvalue weighted by Crippen LogP contribution is -2.27. The van der Waals surface area contributed by atoms with Crippen molar-refractivity contribution in [1.29, 1.82) is 0 Å². The quantitative estimate of drug-likeness (QED) is 0.781. The Labute approximate surface area is 137 Å². The van der Waals surface area contributed by atoms with Crippen molar-refractivity contribution in [3.05, 3.63) is 28.8 Å². The van der Waals surface area contributed by atoms with E-state index in [9.17, 15) is 4.79 Å². The highest BCUT2D eigenvalue weighted by Gasteiger charge is 2.23. The molecule has 1 unspecified atom stereocenters. The average Bonchev–Trinajstić information content (AvgIpc) is 2.49. The first kappa shape index (κ1) is 16.7. The molecule has 0 aliphatic heterocycles. The van der Waals surface area contributed by atoms with Gasteiger partial charge in [0.15, 0.2) is 0 Å². The Balaban J connectivity index is 1.94. The van der Waals surface area contributed by atoms with E-state index in [1.807, 2.05) is 36.9 Å². The molecule has 1 aliphatic rings. The molecule has 0 aromatic heterocycles. The van der Waals surface area contributed by atoms with Crippen LogP contribution in [0.1, 0.15) is 51.0 Å². The van der Waals surface area contributed by atoms with Crippen LogP contribution in [0.4, 0.5) is 5.69 Å². The van der Waals surface area contributed by atoms with Crippen LogP contribution >= 0.6 is 23.4 Å². The highest BCUT2D eigenvalue weighted by Crippen LogP contribution is 2.32. The lowest BCUT2D eigenvalue weighted by molar-refractivity contribution is -0.115. The van der Waals surface area contributed by atoms with Gasteiger partial charge in [-0.2, -0.15) is 0 Å². The molecule has 1 amide bonds. The maximum atomic E-state index is 12.4. The lowest BCUT2D eigenvalue weighted by atomic mass is 10.0. The maximum absolute atomic E-state index is 12.4. The Morgan fingerprint density at radius 2 is 2.10 bits per heavy atom. The summed E-state index contributed by atoms with van der Waals surface area (Å²) in [5, 5.41) is 4.39. The molecular weight excluding hydrogens is 302 g/mol. The highest BCUT2D eigenvalue weighted by molar-refractivity contribution is 8.01. The second-order valence-electron chi connectivity index (χ2n) is 5.75. The normalized spacial score (nSPS) is 17.5. The molecule has 116 valence electrons. The number of halogens is 1. The molecule has 1 aromatic carbocycles. The zero-order chi connectivity index (χ0) is 15.2. The smallest absolute Gasteiger partial charge is 0.237 e. The van der Waals surface area contributed by atoms with Crippen LogP contribution in [0, 0.1) is 6.92 Å². The fraction of sp³-hybridized carbons (Fsp3) is 0.588. The van der Waals surface area contributed by atoms with Crippen LogP contribution in [0.25, 0.3) is 0 Å². The molecule has 2 nitrogen and oxygen atoms in total.